The Hall–Kier alpha value is -4.57. The van der Waals surface area contributed by atoms with Crippen LogP contribution in [0.25, 0.3) is 11.3 Å². The molecule has 0 N–H and O–H groups in total. The summed E-state index contributed by atoms with van der Waals surface area (Å²) in [6.07, 6.45) is 2.11. The fraction of sp³-hybridized carbons (Fsp3) is 0.303. The Balaban J connectivity index is 1.35. The Morgan fingerprint density at radius 1 is 1.00 bits per heavy atom. The van der Waals surface area contributed by atoms with Gasteiger partial charge in [0.2, 0.25) is 0 Å². The number of halogens is 2. The van der Waals surface area contributed by atoms with Crippen LogP contribution in [0.2, 0.25) is 0 Å². The second-order valence-corrected chi connectivity index (χ2v) is 10.7. The second kappa shape index (κ2) is 12.0. The van der Waals surface area contributed by atoms with E-state index in [1.807, 2.05) is 24.4 Å². The number of benzene rings is 2. The van der Waals surface area contributed by atoms with Crippen molar-refractivity contribution < 1.29 is 27.8 Å². The molecule has 2 aromatic carbocycles. The predicted molar refractivity (Wildman–Crippen MR) is 157 cm³/mol. The number of carbonyl (C=O) groups is 1. The number of carbonyl (C=O) groups excluding carboxylic acids is 1. The first-order valence-corrected chi connectivity index (χ1v) is 14.1. The van der Waals surface area contributed by atoms with Gasteiger partial charge in [0.25, 0.3) is 5.91 Å². The maximum Gasteiger partial charge on any atom is 0.256 e. The Kier molecular flexibility index (Phi) is 7.94. The van der Waals surface area contributed by atoms with Crippen molar-refractivity contribution in [1.82, 2.24) is 14.9 Å². The molecule has 8 nitrogen and oxygen atoms in total. The Labute approximate surface area is 248 Å². The summed E-state index contributed by atoms with van der Waals surface area (Å²) in [6, 6.07) is 14.9. The molecule has 10 heteroatoms. The molecule has 0 radical (unpaired) electrons. The third-order valence-electron chi connectivity index (χ3n) is 7.97. The summed E-state index contributed by atoms with van der Waals surface area (Å²) in [7, 11) is 3.13. The lowest BCUT2D eigenvalue weighted by Gasteiger charge is -2.35. The molecular weight excluding hydrogens is 554 g/mol. The van der Waals surface area contributed by atoms with Crippen LogP contribution in [0.1, 0.15) is 39.8 Å². The molecule has 1 unspecified atom stereocenters. The molecule has 1 atom stereocenters. The van der Waals surface area contributed by atoms with E-state index in [0.29, 0.717) is 41.5 Å². The van der Waals surface area contributed by atoms with Gasteiger partial charge in [-0.1, -0.05) is 6.07 Å². The summed E-state index contributed by atoms with van der Waals surface area (Å²) in [6.45, 7) is 4.64. The fourth-order valence-electron chi connectivity index (χ4n) is 5.76. The normalized spacial score (nSPS) is 16.4. The molecule has 2 aliphatic heterocycles. The van der Waals surface area contributed by atoms with Gasteiger partial charge < -0.3 is 24.0 Å². The van der Waals surface area contributed by atoms with Crippen molar-refractivity contribution in [3.63, 3.8) is 0 Å². The van der Waals surface area contributed by atoms with Crippen molar-refractivity contribution in [3.8, 4) is 22.8 Å². The molecule has 1 fully saturated rings. The number of fused-ring (bicyclic) bond motifs is 1. The number of rotatable bonds is 8. The molecule has 0 aliphatic carbocycles. The standard InChI is InChI=1S/C33H32F2N4O4/c1-20-19-43-12-11-39(20)24-9-8-23(36-16-24)13-22-14-28(32-26(34)5-4-6-27(32)35)37-29-18-38(33(40)31(22)29)17-21-7-10-25(41-2)15-30(21)42-3/h4-10,14-16,20H,11-13,17-19H2,1-3H3. The van der Waals surface area contributed by atoms with Gasteiger partial charge in [-0.3, -0.25) is 9.78 Å². The summed E-state index contributed by atoms with van der Waals surface area (Å²) in [5.41, 5.74) is 3.92. The van der Waals surface area contributed by atoms with Crippen LogP contribution in [0.5, 0.6) is 11.5 Å². The Morgan fingerprint density at radius 3 is 2.51 bits per heavy atom. The van der Waals surface area contributed by atoms with Crippen molar-refractivity contribution in [3.05, 3.63) is 101 Å². The zero-order chi connectivity index (χ0) is 30.1. The maximum absolute atomic E-state index is 14.9. The van der Waals surface area contributed by atoms with Crippen LogP contribution in [0.3, 0.4) is 0 Å². The van der Waals surface area contributed by atoms with E-state index in [-0.39, 0.29) is 42.7 Å². The number of ether oxygens (including phenoxy) is 3. The number of hydrogen-bond donors (Lipinski definition) is 0. The van der Waals surface area contributed by atoms with Gasteiger partial charge in [0.15, 0.2) is 0 Å². The molecule has 43 heavy (non-hydrogen) atoms. The Morgan fingerprint density at radius 2 is 1.81 bits per heavy atom. The lowest BCUT2D eigenvalue weighted by Crippen LogP contribution is -2.43. The first kappa shape index (κ1) is 28.5. The van der Waals surface area contributed by atoms with Crippen LogP contribution in [0.15, 0.2) is 60.8 Å². The Bertz CT molecular complexity index is 1640. The van der Waals surface area contributed by atoms with E-state index in [9.17, 15) is 13.6 Å². The number of aromatic nitrogens is 2. The van der Waals surface area contributed by atoms with Gasteiger partial charge in [-0.25, -0.2) is 13.8 Å². The van der Waals surface area contributed by atoms with E-state index in [2.05, 4.69) is 16.8 Å². The van der Waals surface area contributed by atoms with E-state index in [1.165, 1.54) is 18.2 Å². The summed E-state index contributed by atoms with van der Waals surface area (Å²) < 4.78 is 46.2. The number of pyridine rings is 2. The van der Waals surface area contributed by atoms with Crippen LogP contribution in [-0.4, -0.2) is 60.8 Å². The molecule has 0 spiro atoms. The quantitative estimate of drug-likeness (QED) is 0.273. The number of methoxy groups -OCH3 is 2. The minimum atomic E-state index is -0.718. The molecule has 1 amide bonds. The number of morpholine rings is 1. The predicted octanol–water partition coefficient (Wildman–Crippen LogP) is 5.41. The average Bonchev–Trinajstić information content (AvgIpc) is 3.32. The van der Waals surface area contributed by atoms with Crippen molar-refractivity contribution >= 4 is 11.6 Å². The van der Waals surface area contributed by atoms with Crippen LogP contribution in [-0.2, 0) is 24.2 Å². The minimum absolute atomic E-state index is 0.139. The molecule has 0 bridgehead atoms. The van der Waals surface area contributed by atoms with Gasteiger partial charge in [0.05, 0.1) is 74.9 Å². The van der Waals surface area contributed by atoms with Crippen molar-refractivity contribution in [2.24, 2.45) is 0 Å². The number of amides is 1. The molecule has 6 rings (SSSR count). The van der Waals surface area contributed by atoms with Crippen molar-refractivity contribution in [1.29, 1.82) is 0 Å². The smallest absolute Gasteiger partial charge is 0.256 e. The topological polar surface area (TPSA) is 77.0 Å². The average molecular weight is 587 g/mol. The van der Waals surface area contributed by atoms with E-state index in [4.69, 9.17) is 19.2 Å². The summed E-state index contributed by atoms with van der Waals surface area (Å²) in [5, 5.41) is 0. The molecule has 4 heterocycles. The lowest BCUT2D eigenvalue weighted by molar-refractivity contribution is 0.0764. The van der Waals surface area contributed by atoms with Crippen LogP contribution in [0, 0.1) is 11.6 Å². The summed E-state index contributed by atoms with van der Waals surface area (Å²) >= 11 is 0. The van der Waals surface area contributed by atoms with Gasteiger partial charge in [-0.2, -0.15) is 0 Å². The van der Waals surface area contributed by atoms with E-state index >= 15 is 0 Å². The fourth-order valence-corrected chi connectivity index (χ4v) is 5.76. The van der Waals surface area contributed by atoms with Crippen LogP contribution >= 0.6 is 0 Å². The molecular formula is C33H32F2N4O4. The van der Waals surface area contributed by atoms with Crippen LogP contribution < -0.4 is 14.4 Å². The highest BCUT2D eigenvalue weighted by Gasteiger charge is 2.33. The molecule has 4 aromatic rings. The monoisotopic (exact) mass is 586 g/mol. The molecule has 1 saturated heterocycles. The van der Waals surface area contributed by atoms with Gasteiger partial charge >= 0.3 is 0 Å². The van der Waals surface area contributed by atoms with Gasteiger partial charge in [0.1, 0.15) is 23.1 Å². The number of nitrogens with zero attached hydrogens (tertiary/aromatic N) is 4. The minimum Gasteiger partial charge on any atom is -0.497 e. The first-order valence-electron chi connectivity index (χ1n) is 14.1. The first-order chi connectivity index (χ1) is 20.9. The van der Waals surface area contributed by atoms with Crippen molar-refractivity contribution in [2.75, 3.05) is 38.9 Å². The molecule has 2 aliphatic rings. The zero-order valence-corrected chi connectivity index (χ0v) is 24.3. The summed E-state index contributed by atoms with van der Waals surface area (Å²) in [5.74, 6) is -0.424. The highest BCUT2D eigenvalue weighted by Crippen LogP contribution is 2.35. The molecule has 222 valence electrons. The molecule has 2 aromatic heterocycles. The number of anilines is 1. The SMILES string of the molecule is COc1ccc(CN2Cc3nc(-c4c(F)cccc4F)cc(Cc4ccc(N5CCOCC5C)cn4)c3C2=O)c(OC)c1. The van der Waals surface area contributed by atoms with E-state index in [0.717, 1.165) is 23.5 Å². The second-order valence-electron chi connectivity index (χ2n) is 10.7. The summed E-state index contributed by atoms with van der Waals surface area (Å²) in [4.78, 5) is 27.1. The van der Waals surface area contributed by atoms with Gasteiger partial charge in [-0.15, -0.1) is 0 Å². The third kappa shape index (κ3) is 5.62. The number of hydrogen-bond acceptors (Lipinski definition) is 7. The molecule has 0 saturated carbocycles. The van der Waals surface area contributed by atoms with Gasteiger partial charge in [-0.05, 0) is 55.0 Å². The van der Waals surface area contributed by atoms with E-state index in [1.54, 1.807) is 37.3 Å². The lowest BCUT2D eigenvalue weighted by atomic mass is 9.98. The third-order valence-corrected chi connectivity index (χ3v) is 7.97. The largest absolute Gasteiger partial charge is 0.497 e. The van der Waals surface area contributed by atoms with Gasteiger partial charge in [0, 0.05) is 36.3 Å². The zero-order valence-electron chi connectivity index (χ0n) is 24.3. The highest BCUT2D eigenvalue weighted by molar-refractivity contribution is 5.99. The van der Waals surface area contributed by atoms with Crippen molar-refractivity contribution in [2.45, 2.75) is 32.5 Å². The van der Waals surface area contributed by atoms with E-state index < -0.39 is 11.6 Å². The maximum atomic E-state index is 14.9. The van der Waals surface area contributed by atoms with Crippen LogP contribution in [0.4, 0.5) is 14.5 Å². The highest BCUT2D eigenvalue weighted by atomic mass is 19.1.